The molecule has 0 atom stereocenters. The number of benzene rings is 1. The van der Waals surface area contributed by atoms with Crippen molar-refractivity contribution in [2.24, 2.45) is 0 Å². The number of nitrogens with zero attached hydrogens (tertiary/aromatic N) is 3. The molecule has 0 spiro atoms. The van der Waals surface area contributed by atoms with Gasteiger partial charge < -0.3 is 5.73 Å². The van der Waals surface area contributed by atoms with Crippen molar-refractivity contribution in [3.8, 4) is 0 Å². The van der Waals surface area contributed by atoms with Crippen LogP contribution in [0.25, 0.3) is 0 Å². The average molecular weight is 219 g/mol. The summed E-state index contributed by atoms with van der Waals surface area (Å²) in [6.45, 7) is 0. The zero-order valence-electron chi connectivity index (χ0n) is 8.25. The van der Waals surface area contributed by atoms with Crippen LogP contribution in [0.5, 0.6) is 0 Å². The van der Waals surface area contributed by atoms with E-state index in [2.05, 4.69) is 15.2 Å². The second-order valence-corrected chi connectivity index (χ2v) is 3.20. The van der Waals surface area contributed by atoms with Gasteiger partial charge in [-0.1, -0.05) is 18.2 Å². The molecule has 1 aromatic carbocycles. The molecular formula is C9H9N5O2. The number of H-pyrrole nitrogens is 1. The molecule has 82 valence electrons. The number of rotatable bonds is 3. The quantitative estimate of drug-likeness (QED) is 0.588. The van der Waals surface area contributed by atoms with Gasteiger partial charge in [-0.25, -0.2) is 0 Å². The lowest BCUT2D eigenvalue weighted by Crippen LogP contribution is -1.97. The lowest BCUT2D eigenvalue weighted by atomic mass is 10.1. The summed E-state index contributed by atoms with van der Waals surface area (Å²) in [4.78, 5) is 14.2. The Morgan fingerprint density at radius 2 is 2.19 bits per heavy atom. The Morgan fingerprint density at radius 3 is 2.81 bits per heavy atom. The number of hydrogen-bond donors (Lipinski definition) is 2. The second kappa shape index (κ2) is 3.97. The summed E-state index contributed by atoms with van der Waals surface area (Å²) in [6, 6.07) is 6.49. The molecular weight excluding hydrogens is 210 g/mol. The van der Waals surface area contributed by atoms with Gasteiger partial charge in [0.15, 0.2) is 0 Å². The third-order valence-corrected chi connectivity index (χ3v) is 2.10. The number of nitrogens with one attached hydrogen (secondary N) is 1. The first-order chi connectivity index (χ1) is 7.66. The van der Waals surface area contributed by atoms with Crippen LogP contribution in [0.1, 0.15) is 11.4 Å². The minimum atomic E-state index is -0.422. The van der Waals surface area contributed by atoms with Gasteiger partial charge in [-0.05, 0) is 0 Å². The van der Waals surface area contributed by atoms with Crippen molar-refractivity contribution >= 4 is 11.6 Å². The van der Waals surface area contributed by atoms with E-state index in [-0.39, 0.29) is 11.6 Å². The van der Waals surface area contributed by atoms with Crippen molar-refractivity contribution in [1.82, 2.24) is 15.2 Å². The Hall–Kier alpha value is -2.44. The molecule has 0 aliphatic carbocycles. The van der Waals surface area contributed by atoms with E-state index in [9.17, 15) is 10.1 Å². The number of nitrogen functional groups attached to an aromatic ring is 1. The van der Waals surface area contributed by atoms with Gasteiger partial charge in [0.05, 0.1) is 4.92 Å². The molecule has 1 aromatic heterocycles. The first kappa shape index (κ1) is 10.1. The largest absolute Gasteiger partial charge is 0.367 e. The van der Waals surface area contributed by atoms with Crippen LogP contribution in [0.4, 0.5) is 11.6 Å². The fourth-order valence-corrected chi connectivity index (χ4v) is 1.41. The van der Waals surface area contributed by atoms with Crippen LogP contribution in [0, 0.1) is 10.1 Å². The lowest BCUT2D eigenvalue weighted by molar-refractivity contribution is -0.385. The molecule has 0 amide bonds. The van der Waals surface area contributed by atoms with Gasteiger partial charge >= 0.3 is 0 Å². The van der Waals surface area contributed by atoms with Gasteiger partial charge in [0, 0.05) is 18.1 Å². The van der Waals surface area contributed by atoms with Gasteiger partial charge in [-0.2, -0.15) is 4.98 Å². The molecule has 2 aromatic rings. The van der Waals surface area contributed by atoms with Gasteiger partial charge in [0.2, 0.25) is 5.95 Å². The van der Waals surface area contributed by atoms with E-state index in [0.29, 0.717) is 17.8 Å². The summed E-state index contributed by atoms with van der Waals surface area (Å²) in [5.41, 5.74) is 5.98. The highest BCUT2D eigenvalue weighted by atomic mass is 16.6. The Morgan fingerprint density at radius 1 is 1.44 bits per heavy atom. The minimum Gasteiger partial charge on any atom is -0.367 e. The van der Waals surface area contributed by atoms with Crippen LogP contribution in [0.2, 0.25) is 0 Å². The monoisotopic (exact) mass is 219 g/mol. The maximum Gasteiger partial charge on any atom is 0.273 e. The average Bonchev–Trinajstić information content (AvgIpc) is 2.64. The normalized spacial score (nSPS) is 10.2. The minimum absolute atomic E-state index is 0.0671. The molecule has 0 fully saturated rings. The fraction of sp³-hybridized carbons (Fsp3) is 0.111. The van der Waals surface area contributed by atoms with Gasteiger partial charge in [0.25, 0.3) is 5.69 Å². The number of anilines is 1. The smallest absolute Gasteiger partial charge is 0.273 e. The highest BCUT2D eigenvalue weighted by Gasteiger charge is 2.13. The van der Waals surface area contributed by atoms with Crippen molar-refractivity contribution in [3.05, 3.63) is 45.8 Å². The number of aromatic amines is 1. The Labute approximate surface area is 90.5 Å². The Kier molecular flexibility index (Phi) is 2.50. The third kappa shape index (κ3) is 1.97. The first-order valence-electron chi connectivity index (χ1n) is 4.56. The molecule has 16 heavy (non-hydrogen) atoms. The summed E-state index contributed by atoms with van der Waals surface area (Å²) >= 11 is 0. The van der Waals surface area contributed by atoms with Crippen molar-refractivity contribution in [3.63, 3.8) is 0 Å². The number of nitrogens with two attached hydrogens (primary N) is 1. The Bertz CT molecular complexity index is 522. The molecule has 0 aliphatic rings. The van der Waals surface area contributed by atoms with E-state index >= 15 is 0 Å². The van der Waals surface area contributed by atoms with Gasteiger partial charge in [0.1, 0.15) is 5.82 Å². The number of hydrogen-bond acceptors (Lipinski definition) is 5. The summed E-state index contributed by atoms with van der Waals surface area (Å²) in [5, 5.41) is 17.0. The predicted octanol–water partition coefficient (Wildman–Crippen LogP) is 0.886. The molecule has 0 radical (unpaired) electrons. The fourth-order valence-electron chi connectivity index (χ4n) is 1.41. The van der Waals surface area contributed by atoms with Crippen molar-refractivity contribution in [1.29, 1.82) is 0 Å². The summed E-state index contributed by atoms with van der Waals surface area (Å²) in [5.74, 6) is 0.639. The van der Waals surface area contributed by atoms with Crippen molar-refractivity contribution in [2.45, 2.75) is 6.42 Å². The van der Waals surface area contributed by atoms with Crippen LogP contribution in [0.3, 0.4) is 0 Å². The van der Waals surface area contributed by atoms with Crippen molar-refractivity contribution in [2.75, 3.05) is 5.73 Å². The van der Waals surface area contributed by atoms with Crippen LogP contribution >= 0.6 is 0 Å². The second-order valence-electron chi connectivity index (χ2n) is 3.20. The zero-order chi connectivity index (χ0) is 11.5. The van der Waals surface area contributed by atoms with Crippen LogP contribution in [0.15, 0.2) is 24.3 Å². The molecule has 7 heteroatoms. The summed E-state index contributed by atoms with van der Waals surface area (Å²) in [6.07, 6.45) is 0.307. The molecule has 0 unspecified atom stereocenters. The predicted molar refractivity (Wildman–Crippen MR) is 56.7 cm³/mol. The zero-order valence-corrected chi connectivity index (χ0v) is 8.25. The molecule has 0 saturated heterocycles. The lowest BCUT2D eigenvalue weighted by Gasteiger charge is -1.99. The van der Waals surface area contributed by atoms with E-state index in [1.54, 1.807) is 18.2 Å². The SMILES string of the molecule is Nc1n[nH]c(Cc2ccccc2[N+](=O)[O-])n1. The number of nitro groups is 1. The van der Waals surface area contributed by atoms with Crippen LogP contribution < -0.4 is 5.73 Å². The van der Waals surface area contributed by atoms with Crippen molar-refractivity contribution < 1.29 is 4.92 Å². The van der Waals surface area contributed by atoms with E-state index in [1.807, 2.05) is 0 Å². The molecule has 7 nitrogen and oxygen atoms in total. The topological polar surface area (TPSA) is 111 Å². The van der Waals surface area contributed by atoms with E-state index in [4.69, 9.17) is 5.73 Å². The molecule has 0 bridgehead atoms. The van der Waals surface area contributed by atoms with E-state index in [0.717, 1.165) is 0 Å². The van der Waals surface area contributed by atoms with Gasteiger partial charge in [-0.3, -0.25) is 15.2 Å². The maximum atomic E-state index is 10.8. The molecule has 1 heterocycles. The Balaban J connectivity index is 2.31. The molecule has 0 saturated carbocycles. The summed E-state index contributed by atoms with van der Waals surface area (Å²) < 4.78 is 0. The van der Waals surface area contributed by atoms with Crippen LogP contribution in [-0.2, 0) is 6.42 Å². The number of nitro benzene ring substituents is 1. The number of aromatic nitrogens is 3. The third-order valence-electron chi connectivity index (χ3n) is 2.10. The maximum absolute atomic E-state index is 10.8. The van der Waals surface area contributed by atoms with Gasteiger partial charge in [-0.15, -0.1) is 5.10 Å². The standard InChI is InChI=1S/C9H9N5O2/c10-9-11-8(12-13-9)5-6-3-1-2-4-7(6)14(15)16/h1-4H,5H2,(H3,10,11,12,13). The van der Waals surface area contributed by atoms with E-state index < -0.39 is 4.92 Å². The summed E-state index contributed by atoms with van der Waals surface area (Å²) in [7, 11) is 0. The molecule has 3 N–H and O–H groups in total. The molecule has 0 aliphatic heterocycles. The highest BCUT2D eigenvalue weighted by Crippen LogP contribution is 2.19. The van der Waals surface area contributed by atoms with Crippen LogP contribution in [-0.4, -0.2) is 20.1 Å². The highest BCUT2D eigenvalue weighted by molar-refractivity contribution is 5.41. The molecule has 2 rings (SSSR count). The number of para-hydroxylation sites is 1. The van der Waals surface area contributed by atoms with E-state index in [1.165, 1.54) is 6.07 Å². The first-order valence-corrected chi connectivity index (χ1v) is 4.56.